The Balaban J connectivity index is 0.000000825. The largest absolute Gasteiger partial charge is 0.381 e. The van der Waals surface area contributed by atoms with E-state index in [1.807, 2.05) is 34.5 Å². The van der Waals surface area contributed by atoms with Crippen LogP contribution < -0.4 is 21.3 Å². The summed E-state index contributed by atoms with van der Waals surface area (Å²) in [7, 11) is 1.57. The minimum Gasteiger partial charge on any atom is -0.381 e. The zero-order chi connectivity index (χ0) is 52.7. The molecule has 3 aliphatic heterocycles. The molecule has 4 saturated carbocycles. The van der Waals surface area contributed by atoms with Gasteiger partial charge in [-0.2, -0.15) is 0 Å². The highest BCUT2D eigenvalue weighted by Gasteiger charge is 2.85. The van der Waals surface area contributed by atoms with Crippen molar-refractivity contribution in [3.8, 4) is 0 Å². The molecule has 0 aromatic heterocycles. The maximum atomic E-state index is 15.5. The van der Waals surface area contributed by atoms with Gasteiger partial charge in [-0.3, -0.25) is 28.9 Å². The Labute approximate surface area is 425 Å². The van der Waals surface area contributed by atoms with E-state index in [0.29, 0.717) is 45.4 Å². The van der Waals surface area contributed by atoms with E-state index in [0.717, 1.165) is 83.1 Å². The molecule has 2 spiro atoms. The van der Waals surface area contributed by atoms with E-state index in [-0.39, 0.29) is 69.7 Å². The lowest BCUT2D eigenvalue weighted by Gasteiger charge is -2.43. The molecule has 7 aliphatic rings. The number of ether oxygens (including phenoxy) is 1. The van der Waals surface area contributed by atoms with Crippen molar-refractivity contribution in [2.75, 3.05) is 33.4 Å². The molecule has 3 heterocycles. The van der Waals surface area contributed by atoms with Crippen LogP contribution in [0.25, 0.3) is 0 Å². The summed E-state index contributed by atoms with van der Waals surface area (Å²) in [6.07, 6.45) is 20.3. The summed E-state index contributed by atoms with van der Waals surface area (Å²) in [6, 6.07) is -2.57. The number of likely N-dealkylation sites (tertiary alicyclic amines) is 2. The second-order valence-corrected chi connectivity index (χ2v) is 22.7. The monoisotopic (exact) mass is 983 g/mol. The van der Waals surface area contributed by atoms with Crippen LogP contribution in [0.5, 0.6) is 0 Å². The summed E-state index contributed by atoms with van der Waals surface area (Å²) < 4.78 is 5.80. The summed E-state index contributed by atoms with van der Waals surface area (Å²) in [5.41, 5.74) is -1.95. The first-order chi connectivity index (χ1) is 33.4. The fourth-order valence-corrected chi connectivity index (χ4v) is 13.5. The van der Waals surface area contributed by atoms with Crippen LogP contribution in [-0.2, 0) is 33.5 Å². The van der Waals surface area contributed by atoms with Crippen molar-refractivity contribution in [1.82, 2.24) is 31.1 Å². The van der Waals surface area contributed by atoms with E-state index in [2.05, 4.69) is 88.1 Å². The SMILES string of the molecule is C=C[C@@H]1C[C@]1(NC(=O)[C@@H]1CC2(CN1C(=O)[C@@H](NC(=O)C(NC(=O)[C@@H]1CCCCN1C(C)C)C1CCCCC1)C1(C)CCOCC1)C(C)(C)C21CCC1)C(=O)NC.C=O.CC.CC.CCCCCC(C)C. The second-order valence-electron chi connectivity index (χ2n) is 22.7. The van der Waals surface area contributed by atoms with Crippen LogP contribution in [0.3, 0.4) is 0 Å². The Hall–Kier alpha value is -3.32. The summed E-state index contributed by atoms with van der Waals surface area (Å²) in [5, 5.41) is 12.4. The number of carbonyl (C=O) groups is 6. The lowest BCUT2D eigenvalue weighted by molar-refractivity contribution is -0.147. The van der Waals surface area contributed by atoms with Gasteiger partial charge in [0.15, 0.2) is 0 Å². The van der Waals surface area contributed by atoms with E-state index >= 15 is 4.79 Å². The van der Waals surface area contributed by atoms with Crippen LogP contribution in [-0.4, -0.2) is 115 Å². The average molecular weight is 983 g/mol. The summed E-state index contributed by atoms with van der Waals surface area (Å²) in [6.45, 7) is 33.8. The first-order valence-corrected chi connectivity index (χ1v) is 28.1. The van der Waals surface area contributed by atoms with Gasteiger partial charge in [0.25, 0.3) is 0 Å². The number of rotatable bonds is 16. The van der Waals surface area contributed by atoms with Gasteiger partial charge in [-0.05, 0) is 107 Å². The van der Waals surface area contributed by atoms with Crippen molar-refractivity contribution in [3.63, 3.8) is 0 Å². The standard InChI is InChI=1S/C44H70N6O6.C8H18.2C2H6.CH2O/c1-8-30-25-44(30,39(55)45-7)48-36(52)32-26-43(40(4,5)42(43)18-14-19-42)27-50(32)38(54)34(41(6)20-23-56-24-21-41)47-37(53)33(29-15-10-9-11-16-29)46-35(51)31-17-12-13-22-49(31)28(2)3;1-4-5-6-7-8(2)3;3*1-2/h8,28-34H,1,9-27H2,2-7H3,(H,45,55)(H,46,51)(H,47,53)(H,48,52);8H,4-7H2,1-3H3;2*1-2H3;1H2/t30-,31+,32+,33?,34-,43?,44-;;;;/m1..../s1. The van der Waals surface area contributed by atoms with Crippen molar-refractivity contribution in [1.29, 1.82) is 0 Å². The predicted molar refractivity (Wildman–Crippen MR) is 283 cm³/mol. The van der Waals surface area contributed by atoms with Crippen LogP contribution in [0.2, 0.25) is 0 Å². The average Bonchev–Trinajstić information content (AvgIpc) is 4.09. The van der Waals surface area contributed by atoms with Gasteiger partial charge >= 0.3 is 0 Å². The Morgan fingerprint density at radius 2 is 1.37 bits per heavy atom. The predicted octanol–water partition coefficient (Wildman–Crippen LogP) is 9.31. The van der Waals surface area contributed by atoms with E-state index in [9.17, 15) is 19.2 Å². The van der Waals surface area contributed by atoms with Crippen molar-refractivity contribution in [3.05, 3.63) is 12.7 Å². The number of fused-ring (bicyclic) bond motifs is 1. The highest BCUT2D eigenvalue weighted by atomic mass is 16.5. The first kappa shape index (κ1) is 61.0. The van der Waals surface area contributed by atoms with Crippen LogP contribution in [0.4, 0.5) is 0 Å². The minimum absolute atomic E-state index is 0.0291. The van der Waals surface area contributed by atoms with Crippen LogP contribution in [0, 0.1) is 39.4 Å². The zero-order valence-electron chi connectivity index (χ0n) is 46.6. The number of nitrogens with one attached hydrogen (secondary N) is 4. The van der Waals surface area contributed by atoms with E-state index in [4.69, 9.17) is 9.53 Å². The van der Waals surface area contributed by atoms with E-state index in [1.54, 1.807) is 18.0 Å². The topological polar surface area (TPSA) is 166 Å². The molecule has 7 fully saturated rings. The third-order valence-corrected chi connectivity index (χ3v) is 18.1. The third-order valence-electron chi connectivity index (χ3n) is 18.1. The molecule has 4 aliphatic carbocycles. The Bertz CT molecular complexity index is 1700. The molecule has 0 bridgehead atoms. The summed E-state index contributed by atoms with van der Waals surface area (Å²) in [4.78, 5) is 84.4. The molecule has 70 heavy (non-hydrogen) atoms. The summed E-state index contributed by atoms with van der Waals surface area (Å²) in [5.74, 6) is -0.573. The van der Waals surface area contributed by atoms with Crippen molar-refractivity contribution in [2.45, 2.75) is 241 Å². The Morgan fingerprint density at radius 3 is 1.87 bits per heavy atom. The molecule has 2 unspecified atom stereocenters. The lowest BCUT2D eigenvalue weighted by atomic mass is 9.73. The molecule has 402 valence electrons. The quantitative estimate of drug-likeness (QED) is 0.0878. The molecule has 0 aromatic carbocycles. The van der Waals surface area contributed by atoms with E-state index in [1.165, 1.54) is 25.7 Å². The number of piperidine rings is 1. The van der Waals surface area contributed by atoms with Gasteiger partial charge in [-0.15, -0.1) is 6.58 Å². The molecule has 13 nitrogen and oxygen atoms in total. The Morgan fingerprint density at radius 1 is 0.757 bits per heavy atom. The molecule has 7 rings (SSSR count). The summed E-state index contributed by atoms with van der Waals surface area (Å²) >= 11 is 0. The zero-order valence-corrected chi connectivity index (χ0v) is 46.6. The minimum atomic E-state index is -1.08. The fourth-order valence-electron chi connectivity index (χ4n) is 13.5. The van der Waals surface area contributed by atoms with Gasteiger partial charge in [-0.25, -0.2) is 0 Å². The highest BCUT2D eigenvalue weighted by Crippen LogP contribution is 2.88. The maximum Gasteiger partial charge on any atom is 0.246 e. The Kier molecular flexibility index (Phi) is 23.6. The number of hydrogen-bond donors (Lipinski definition) is 4. The van der Waals surface area contributed by atoms with Crippen molar-refractivity contribution >= 4 is 36.3 Å². The second kappa shape index (κ2) is 27.1. The number of carbonyl (C=O) groups excluding carboxylic acids is 6. The third kappa shape index (κ3) is 12.7. The molecule has 13 heteroatoms. The van der Waals surface area contributed by atoms with Crippen molar-refractivity contribution in [2.24, 2.45) is 39.4 Å². The molecule has 0 aromatic rings. The maximum absolute atomic E-state index is 15.5. The fraction of sp³-hybridized carbons (Fsp3) is 0.860. The van der Waals surface area contributed by atoms with Crippen LogP contribution >= 0.6 is 0 Å². The van der Waals surface area contributed by atoms with Gasteiger partial charge in [0.05, 0.1) is 6.04 Å². The van der Waals surface area contributed by atoms with Crippen molar-refractivity contribution < 1.29 is 33.5 Å². The molecular formula is C57H102N6O7. The number of amides is 5. The van der Waals surface area contributed by atoms with Gasteiger partial charge in [0.1, 0.15) is 30.5 Å². The molecule has 0 radical (unpaired) electrons. The number of likely N-dealkylation sites (N-methyl/N-ethyl adjacent to an activating group) is 1. The highest BCUT2D eigenvalue weighted by molar-refractivity contribution is 5.99. The van der Waals surface area contributed by atoms with Crippen LogP contribution in [0.15, 0.2) is 12.7 Å². The molecule has 7 atom stereocenters. The van der Waals surface area contributed by atoms with Gasteiger partial charge in [-0.1, -0.05) is 133 Å². The number of hydrogen-bond acceptors (Lipinski definition) is 8. The number of unbranched alkanes of at least 4 members (excludes halogenated alkanes) is 2. The van der Waals surface area contributed by atoms with Gasteiger partial charge in [0, 0.05) is 49.6 Å². The first-order valence-electron chi connectivity index (χ1n) is 28.1. The molecular weight excluding hydrogens is 881 g/mol. The van der Waals surface area contributed by atoms with Gasteiger partial charge < -0.3 is 35.7 Å². The smallest absolute Gasteiger partial charge is 0.246 e. The van der Waals surface area contributed by atoms with E-state index < -0.39 is 29.1 Å². The number of nitrogens with zero attached hydrogens (tertiary/aromatic N) is 2. The van der Waals surface area contributed by atoms with Crippen LogP contribution in [0.1, 0.15) is 205 Å². The molecule has 5 amide bonds. The molecule has 3 saturated heterocycles. The normalized spacial score (nSPS) is 28.8. The molecule has 4 N–H and O–H groups in total. The lowest BCUT2D eigenvalue weighted by Crippen LogP contribution is -2.64. The van der Waals surface area contributed by atoms with Gasteiger partial charge in [0.2, 0.25) is 29.5 Å².